The van der Waals surface area contributed by atoms with Gasteiger partial charge in [-0.3, -0.25) is 0 Å². The Bertz CT molecular complexity index is 841. The second-order valence-electron chi connectivity index (χ2n) is 5.41. The van der Waals surface area contributed by atoms with Crippen LogP contribution in [0.4, 0.5) is 0 Å². The molecule has 3 N–H and O–H groups in total. The van der Waals surface area contributed by atoms with Crippen LogP contribution >= 0.6 is 0 Å². The van der Waals surface area contributed by atoms with Crippen molar-refractivity contribution in [1.29, 1.82) is 0 Å². The number of carboxylic acid groups (broad SMARTS) is 2. The zero-order chi connectivity index (χ0) is 21.8. The summed E-state index contributed by atoms with van der Waals surface area (Å²) in [4.78, 5) is 44.0. The zero-order valence-electron chi connectivity index (χ0n) is 15.5. The van der Waals surface area contributed by atoms with Crippen LogP contribution in [0.15, 0.2) is 48.5 Å². The quantitative estimate of drug-likeness (QED) is 0.466. The maximum Gasteiger partial charge on any atom is 0.339 e. The predicted molar refractivity (Wildman–Crippen MR) is 100 cm³/mol. The Labute approximate surface area is 166 Å². The van der Waals surface area contributed by atoms with Gasteiger partial charge in [0, 0.05) is 13.0 Å². The van der Waals surface area contributed by atoms with E-state index in [1.54, 1.807) is 12.1 Å². The summed E-state index contributed by atoms with van der Waals surface area (Å²) in [6.07, 6.45) is 0.367. The average molecular weight is 404 g/mol. The van der Waals surface area contributed by atoms with Gasteiger partial charge in [0.25, 0.3) is 0 Å². The first-order valence-electron chi connectivity index (χ1n) is 8.34. The third-order valence-corrected chi connectivity index (χ3v) is 3.48. The fourth-order valence-electron chi connectivity index (χ4n) is 2.11. The molecule has 2 aromatic rings. The van der Waals surface area contributed by atoms with Crippen LogP contribution in [0.3, 0.4) is 0 Å². The van der Waals surface area contributed by atoms with Crippen molar-refractivity contribution >= 4 is 23.9 Å². The van der Waals surface area contributed by atoms with E-state index in [0.717, 1.165) is 0 Å². The zero-order valence-corrected chi connectivity index (χ0v) is 15.5. The standard InChI is InChI=1S/C12H14O5.C8H6O4/c1-16-11(14)9-5-2-3-6-10(9)12(15)17-8-4-7-13;9-7(10)5-3-1-2-4-6(5)8(11)12/h2-3,5-6,13H,4,7-8H2,1H3;1-4H,(H,9,10)(H,11,12). The molecular weight excluding hydrogens is 384 g/mol. The number of aliphatic hydroxyl groups is 1. The van der Waals surface area contributed by atoms with E-state index >= 15 is 0 Å². The summed E-state index contributed by atoms with van der Waals surface area (Å²) < 4.78 is 9.46. The number of aliphatic hydroxyl groups excluding tert-OH is 1. The molecule has 0 spiro atoms. The van der Waals surface area contributed by atoms with E-state index in [4.69, 9.17) is 20.1 Å². The molecule has 0 saturated heterocycles. The molecule has 0 aromatic heterocycles. The molecule has 9 heteroatoms. The van der Waals surface area contributed by atoms with Gasteiger partial charge in [0.15, 0.2) is 0 Å². The number of rotatable bonds is 7. The summed E-state index contributed by atoms with van der Waals surface area (Å²) in [7, 11) is 1.25. The smallest absolute Gasteiger partial charge is 0.339 e. The predicted octanol–water partition coefficient (Wildman–Crippen LogP) is 2.10. The molecule has 0 aliphatic heterocycles. The minimum atomic E-state index is -1.23. The summed E-state index contributed by atoms with van der Waals surface area (Å²) in [6, 6.07) is 11.7. The highest BCUT2D eigenvalue weighted by molar-refractivity contribution is 6.03. The molecule has 0 atom stereocenters. The number of hydrogen-bond acceptors (Lipinski definition) is 7. The van der Waals surface area contributed by atoms with E-state index in [1.807, 2.05) is 0 Å². The monoisotopic (exact) mass is 404 g/mol. The number of carbonyl (C=O) groups excluding carboxylic acids is 2. The Morgan fingerprint density at radius 1 is 0.759 bits per heavy atom. The Morgan fingerprint density at radius 3 is 1.55 bits per heavy atom. The maximum atomic E-state index is 11.6. The third-order valence-electron chi connectivity index (χ3n) is 3.48. The van der Waals surface area contributed by atoms with E-state index in [9.17, 15) is 19.2 Å². The molecule has 0 fully saturated rings. The molecule has 0 bridgehead atoms. The van der Waals surface area contributed by atoms with Gasteiger partial charge >= 0.3 is 23.9 Å². The highest BCUT2D eigenvalue weighted by Gasteiger charge is 2.17. The normalized spacial score (nSPS) is 9.59. The van der Waals surface area contributed by atoms with Gasteiger partial charge in [-0.25, -0.2) is 19.2 Å². The van der Waals surface area contributed by atoms with Gasteiger partial charge in [0.05, 0.1) is 36.0 Å². The van der Waals surface area contributed by atoms with Gasteiger partial charge in [0.2, 0.25) is 0 Å². The molecule has 2 aromatic carbocycles. The number of hydrogen-bond donors (Lipinski definition) is 3. The molecule has 9 nitrogen and oxygen atoms in total. The molecule has 2 rings (SSSR count). The number of benzene rings is 2. The molecule has 0 aliphatic carbocycles. The summed E-state index contributed by atoms with van der Waals surface area (Å²) in [5.41, 5.74) is -0.0451. The van der Waals surface area contributed by atoms with Crippen LogP contribution < -0.4 is 0 Å². The van der Waals surface area contributed by atoms with E-state index in [-0.39, 0.29) is 35.5 Å². The van der Waals surface area contributed by atoms with Gasteiger partial charge in [0.1, 0.15) is 0 Å². The number of ether oxygens (including phenoxy) is 2. The first-order chi connectivity index (χ1) is 13.8. The number of aromatic carboxylic acids is 2. The van der Waals surface area contributed by atoms with Gasteiger partial charge in [-0.05, 0) is 24.3 Å². The van der Waals surface area contributed by atoms with Crippen LogP contribution in [-0.2, 0) is 9.47 Å². The first kappa shape index (κ1) is 23.3. The number of methoxy groups -OCH3 is 1. The fourth-order valence-corrected chi connectivity index (χ4v) is 2.11. The molecule has 0 saturated carbocycles. The third kappa shape index (κ3) is 7.07. The second kappa shape index (κ2) is 11.9. The lowest BCUT2D eigenvalue weighted by Crippen LogP contribution is -2.13. The highest BCUT2D eigenvalue weighted by Crippen LogP contribution is 2.11. The Morgan fingerprint density at radius 2 is 1.17 bits per heavy atom. The number of carbonyl (C=O) groups is 4. The minimum Gasteiger partial charge on any atom is -0.478 e. The Kier molecular flexibility index (Phi) is 9.55. The molecule has 29 heavy (non-hydrogen) atoms. The van der Waals surface area contributed by atoms with Crippen molar-refractivity contribution in [2.75, 3.05) is 20.3 Å². The topological polar surface area (TPSA) is 147 Å². The van der Waals surface area contributed by atoms with Crippen molar-refractivity contribution in [2.45, 2.75) is 6.42 Å². The lowest BCUT2D eigenvalue weighted by molar-refractivity contribution is 0.0465. The molecule has 0 radical (unpaired) electrons. The molecular formula is C20H20O9. The van der Waals surface area contributed by atoms with Crippen LogP contribution in [0, 0.1) is 0 Å². The number of esters is 2. The largest absolute Gasteiger partial charge is 0.478 e. The van der Waals surface area contributed by atoms with Crippen molar-refractivity contribution in [3.8, 4) is 0 Å². The van der Waals surface area contributed by atoms with E-state index in [0.29, 0.717) is 6.42 Å². The summed E-state index contributed by atoms with van der Waals surface area (Å²) in [5, 5.41) is 25.7. The lowest BCUT2D eigenvalue weighted by atomic mass is 10.1. The van der Waals surface area contributed by atoms with Crippen LogP contribution in [0.5, 0.6) is 0 Å². The van der Waals surface area contributed by atoms with E-state index in [1.165, 1.54) is 43.5 Å². The molecule has 0 aliphatic rings. The van der Waals surface area contributed by atoms with Crippen LogP contribution in [-0.4, -0.2) is 59.5 Å². The SMILES string of the molecule is COC(=O)c1ccccc1C(=O)OCCCO.O=C(O)c1ccccc1C(=O)O. The van der Waals surface area contributed by atoms with E-state index < -0.39 is 23.9 Å². The van der Waals surface area contributed by atoms with Crippen molar-refractivity contribution in [3.05, 3.63) is 70.8 Å². The van der Waals surface area contributed by atoms with Gasteiger partial charge in [-0.2, -0.15) is 0 Å². The minimum absolute atomic E-state index is 0.0497. The van der Waals surface area contributed by atoms with Crippen molar-refractivity contribution in [3.63, 3.8) is 0 Å². The molecule has 154 valence electrons. The Balaban J connectivity index is 0.000000308. The summed E-state index contributed by atoms with van der Waals surface area (Å²) in [6.45, 7) is 0.0662. The van der Waals surface area contributed by atoms with Crippen molar-refractivity contribution in [2.24, 2.45) is 0 Å². The number of carboxylic acids is 2. The second-order valence-corrected chi connectivity index (χ2v) is 5.41. The summed E-state index contributed by atoms with van der Waals surface area (Å²) in [5.74, 6) is -3.64. The first-order valence-corrected chi connectivity index (χ1v) is 8.34. The van der Waals surface area contributed by atoms with E-state index in [2.05, 4.69) is 4.74 Å². The molecule has 0 heterocycles. The van der Waals surface area contributed by atoms with Crippen LogP contribution in [0.2, 0.25) is 0 Å². The highest BCUT2D eigenvalue weighted by atomic mass is 16.5. The van der Waals surface area contributed by atoms with Crippen molar-refractivity contribution in [1.82, 2.24) is 0 Å². The average Bonchev–Trinajstić information content (AvgIpc) is 2.73. The fraction of sp³-hybridized carbons (Fsp3) is 0.200. The van der Waals surface area contributed by atoms with Gasteiger partial charge < -0.3 is 24.8 Å². The van der Waals surface area contributed by atoms with Gasteiger partial charge in [-0.15, -0.1) is 0 Å². The van der Waals surface area contributed by atoms with Gasteiger partial charge in [-0.1, -0.05) is 24.3 Å². The molecule has 0 amide bonds. The van der Waals surface area contributed by atoms with Crippen LogP contribution in [0.25, 0.3) is 0 Å². The van der Waals surface area contributed by atoms with Crippen LogP contribution in [0.1, 0.15) is 47.9 Å². The maximum absolute atomic E-state index is 11.6. The Hall–Kier alpha value is -3.72. The summed E-state index contributed by atoms with van der Waals surface area (Å²) >= 11 is 0. The lowest BCUT2D eigenvalue weighted by Gasteiger charge is -2.07. The van der Waals surface area contributed by atoms with Crippen molar-refractivity contribution < 1.29 is 44.0 Å². The molecule has 0 unspecified atom stereocenters.